The van der Waals surface area contributed by atoms with Crippen molar-refractivity contribution in [2.45, 2.75) is 36.7 Å². The number of sulfone groups is 1. The van der Waals surface area contributed by atoms with E-state index < -0.39 is 9.84 Å². The number of methoxy groups -OCH3 is 1. The van der Waals surface area contributed by atoms with Crippen molar-refractivity contribution in [2.75, 3.05) is 19.5 Å². The number of amides is 2. The monoisotopic (exact) mass is 479 g/mol. The fourth-order valence-electron chi connectivity index (χ4n) is 4.04. The van der Waals surface area contributed by atoms with Gasteiger partial charge in [0.1, 0.15) is 5.75 Å². The number of carbonyl (C=O) groups is 1. The summed E-state index contributed by atoms with van der Waals surface area (Å²) in [7, 11) is -0.436. The molecular weight excluding hydrogens is 450 g/mol. The molecule has 34 heavy (non-hydrogen) atoms. The van der Waals surface area contributed by atoms with Gasteiger partial charge in [-0.25, -0.2) is 13.2 Å². The summed E-state index contributed by atoms with van der Waals surface area (Å²) in [5.41, 5.74) is 4.50. The summed E-state index contributed by atoms with van der Waals surface area (Å²) in [6.45, 7) is 3.51. The molecule has 4 rings (SSSR count). The molecule has 0 aromatic heterocycles. The van der Waals surface area contributed by atoms with Crippen LogP contribution in [0.15, 0.2) is 71.6 Å². The third-order valence-corrected chi connectivity index (χ3v) is 7.90. The fraction of sp³-hybridized carbons (Fsp3) is 0.269. The number of ether oxygens (including phenoxy) is 1. The molecule has 1 heterocycles. The number of fused-ring (bicyclic) bond motifs is 1. The summed E-state index contributed by atoms with van der Waals surface area (Å²) < 4.78 is 31.6. The van der Waals surface area contributed by atoms with Crippen LogP contribution < -0.4 is 15.4 Å². The average molecular weight is 480 g/mol. The molecule has 0 spiro atoms. The molecule has 0 saturated heterocycles. The van der Waals surface area contributed by atoms with E-state index in [4.69, 9.17) is 4.74 Å². The first-order valence-electron chi connectivity index (χ1n) is 11.1. The van der Waals surface area contributed by atoms with Crippen LogP contribution in [0.3, 0.4) is 0 Å². The zero-order valence-corrected chi connectivity index (χ0v) is 20.4. The van der Waals surface area contributed by atoms with Gasteiger partial charge in [-0.15, -0.1) is 0 Å². The number of benzene rings is 3. The van der Waals surface area contributed by atoms with E-state index in [0.29, 0.717) is 5.69 Å². The Kier molecular flexibility index (Phi) is 6.90. The van der Waals surface area contributed by atoms with E-state index in [1.165, 1.54) is 24.8 Å². The molecule has 0 saturated carbocycles. The van der Waals surface area contributed by atoms with Gasteiger partial charge in [-0.05, 0) is 41.3 Å². The fourth-order valence-corrected chi connectivity index (χ4v) is 5.39. The minimum Gasteiger partial charge on any atom is -0.495 e. The number of hydrogen-bond donors (Lipinski definition) is 2. The lowest BCUT2D eigenvalue weighted by Gasteiger charge is -2.26. The van der Waals surface area contributed by atoms with Gasteiger partial charge in [-0.3, -0.25) is 0 Å². The van der Waals surface area contributed by atoms with Crippen molar-refractivity contribution < 1.29 is 17.9 Å². The highest BCUT2D eigenvalue weighted by Crippen LogP contribution is 2.30. The van der Waals surface area contributed by atoms with Gasteiger partial charge < -0.3 is 20.3 Å². The highest BCUT2D eigenvalue weighted by molar-refractivity contribution is 7.90. The Morgan fingerprint density at radius 2 is 1.79 bits per heavy atom. The first-order chi connectivity index (χ1) is 16.3. The highest BCUT2D eigenvalue weighted by Gasteiger charge is 2.22. The normalized spacial score (nSPS) is 13.7. The Balaban J connectivity index is 1.50. The van der Waals surface area contributed by atoms with Gasteiger partial charge >= 0.3 is 6.03 Å². The maximum Gasteiger partial charge on any atom is 0.322 e. The maximum absolute atomic E-state index is 13.1. The highest BCUT2D eigenvalue weighted by atomic mass is 32.2. The minimum atomic E-state index is -3.60. The minimum absolute atomic E-state index is 0.105. The molecular formula is C26H29N3O4S. The number of carbonyl (C=O) groups excluding carboxylic acids is 1. The Hall–Kier alpha value is -3.36. The van der Waals surface area contributed by atoms with Gasteiger partial charge in [0.2, 0.25) is 0 Å². The second-order valence-electron chi connectivity index (χ2n) is 8.46. The number of anilines is 1. The van der Waals surface area contributed by atoms with Gasteiger partial charge in [0, 0.05) is 26.2 Å². The van der Waals surface area contributed by atoms with Crippen LogP contribution in [0.5, 0.6) is 5.75 Å². The molecule has 1 aliphatic heterocycles. The zero-order valence-electron chi connectivity index (χ0n) is 19.5. The van der Waals surface area contributed by atoms with Gasteiger partial charge in [-0.1, -0.05) is 48.5 Å². The van der Waals surface area contributed by atoms with Crippen molar-refractivity contribution in [1.82, 2.24) is 10.2 Å². The quantitative estimate of drug-likeness (QED) is 0.521. The van der Waals surface area contributed by atoms with E-state index in [-0.39, 0.29) is 28.5 Å². The lowest BCUT2D eigenvalue weighted by atomic mass is 10.1. The first kappa shape index (κ1) is 23.8. The predicted octanol–water partition coefficient (Wildman–Crippen LogP) is 4.50. The van der Waals surface area contributed by atoms with E-state index in [2.05, 4.69) is 10.6 Å². The lowest BCUT2D eigenvalue weighted by Crippen LogP contribution is -2.33. The molecule has 178 valence electrons. The van der Waals surface area contributed by atoms with Crippen LogP contribution in [0, 0.1) is 0 Å². The Morgan fingerprint density at radius 1 is 1.06 bits per heavy atom. The average Bonchev–Trinajstić information content (AvgIpc) is 3.31. The summed E-state index contributed by atoms with van der Waals surface area (Å²) in [5, 5.41) is 6.10. The van der Waals surface area contributed by atoms with Crippen LogP contribution in [0.4, 0.5) is 10.5 Å². The third-order valence-electron chi connectivity index (χ3n) is 6.22. The summed E-state index contributed by atoms with van der Waals surface area (Å²) in [5.74, 6) is 0.181. The van der Waals surface area contributed by atoms with Crippen molar-refractivity contribution in [2.24, 2.45) is 0 Å². The second-order valence-corrected chi connectivity index (χ2v) is 10.4. The van der Waals surface area contributed by atoms with Crippen LogP contribution in [-0.2, 0) is 28.7 Å². The van der Waals surface area contributed by atoms with E-state index in [1.54, 1.807) is 18.0 Å². The van der Waals surface area contributed by atoms with Crippen LogP contribution in [0.2, 0.25) is 0 Å². The van der Waals surface area contributed by atoms with E-state index in [9.17, 15) is 13.2 Å². The molecule has 3 aromatic carbocycles. The predicted molar refractivity (Wildman–Crippen MR) is 133 cm³/mol. The molecule has 2 N–H and O–H groups in total. The van der Waals surface area contributed by atoms with Crippen molar-refractivity contribution in [3.8, 4) is 5.75 Å². The van der Waals surface area contributed by atoms with Crippen molar-refractivity contribution in [3.63, 3.8) is 0 Å². The zero-order chi connectivity index (χ0) is 24.3. The molecule has 8 heteroatoms. The summed E-state index contributed by atoms with van der Waals surface area (Å²) >= 11 is 0. The van der Waals surface area contributed by atoms with Crippen molar-refractivity contribution >= 4 is 21.6 Å². The summed E-state index contributed by atoms with van der Waals surface area (Å²) in [6, 6.07) is 19.6. The van der Waals surface area contributed by atoms with Crippen LogP contribution >= 0.6 is 0 Å². The third kappa shape index (κ3) is 5.08. The summed E-state index contributed by atoms with van der Waals surface area (Å²) in [4.78, 5) is 14.6. The molecule has 7 nitrogen and oxygen atoms in total. The standard InChI is InChI=1S/C26H29N3O4S/c1-18(20-7-5-4-6-8-20)29(2)26(30)28-24-12-11-23(14-25(24)33-3)34(31,32)17-19-9-10-21-15-27-16-22(21)13-19/h4-14,18,27H,15-17H2,1-3H3,(H,28,30). The number of hydrogen-bond acceptors (Lipinski definition) is 5. The van der Waals surface area contributed by atoms with E-state index in [0.717, 1.165) is 29.8 Å². The van der Waals surface area contributed by atoms with Gasteiger partial charge in [0.15, 0.2) is 9.84 Å². The first-order valence-corrected chi connectivity index (χ1v) is 12.7. The van der Waals surface area contributed by atoms with Crippen molar-refractivity contribution in [3.05, 3.63) is 89.0 Å². The molecule has 0 fully saturated rings. The van der Waals surface area contributed by atoms with Gasteiger partial charge in [0.25, 0.3) is 0 Å². The Morgan fingerprint density at radius 3 is 2.53 bits per heavy atom. The van der Waals surface area contributed by atoms with E-state index in [1.807, 2.05) is 55.5 Å². The van der Waals surface area contributed by atoms with Crippen LogP contribution in [0.1, 0.15) is 35.2 Å². The second kappa shape index (κ2) is 9.87. The smallest absolute Gasteiger partial charge is 0.322 e. The molecule has 0 bridgehead atoms. The Bertz CT molecular complexity index is 1290. The number of nitrogens with zero attached hydrogens (tertiary/aromatic N) is 1. The van der Waals surface area contributed by atoms with E-state index >= 15 is 0 Å². The Labute approximate surface area is 200 Å². The van der Waals surface area contributed by atoms with Gasteiger partial charge in [-0.2, -0.15) is 0 Å². The SMILES string of the molecule is COc1cc(S(=O)(=O)Cc2ccc3c(c2)CNC3)ccc1NC(=O)N(C)C(C)c1ccccc1. The van der Waals surface area contributed by atoms with Crippen LogP contribution in [0.25, 0.3) is 0 Å². The summed E-state index contributed by atoms with van der Waals surface area (Å²) in [6.07, 6.45) is 0. The lowest BCUT2D eigenvalue weighted by molar-refractivity contribution is 0.208. The topological polar surface area (TPSA) is 87.7 Å². The number of rotatable bonds is 7. The number of nitrogens with one attached hydrogen (secondary N) is 2. The molecule has 0 radical (unpaired) electrons. The molecule has 0 aliphatic carbocycles. The molecule has 1 atom stereocenters. The van der Waals surface area contributed by atoms with Gasteiger partial charge in [0.05, 0.1) is 29.5 Å². The maximum atomic E-state index is 13.1. The van der Waals surface area contributed by atoms with Crippen molar-refractivity contribution in [1.29, 1.82) is 0 Å². The number of urea groups is 1. The molecule has 1 unspecified atom stereocenters. The molecule has 1 aliphatic rings. The largest absolute Gasteiger partial charge is 0.495 e. The van der Waals surface area contributed by atoms with Crippen LogP contribution in [-0.4, -0.2) is 33.5 Å². The molecule has 2 amide bonds. The molecule has 3 aromatic rings.